The van der Waals surface area contributed by atoms with Crippen molar-refractivity contribution in [2.45, 2.75) is 6.54 Å². The quantitative estimate of drug-likeness (QED) is 0.685. The summed E-state index contributed by atoms with van der Waals surface area (Å²) in [6, 6.07) is 17.4. The minimum Gasteiger partial charge on any atom is -0.497 e. The molecule has 0 saturated heterocycles. The van der Waals surface area contributed by atoms with E-state index in [1.165, 1.54) is 0 Å². The number of ether oxygens (including phenoxy) is 1. The van der Waals surface area contributed by atoms with Gasteiger partial charge in [0, 0.05) is 18.3 Å². The lowest BCUT2D eigenvalue weighted by Crippen LogP contribution is -2.26. The van der Waals surface area contributed by atoms with E-state index >= 15 is 0 Å². The normalized spacial score (nSPS) is 10.5. The first-order valence-electron chi connectivity index (χ1n) is 8.36. The van der Waals surface area contributed by atoms with Gasteiger partial charge in [-0.15, -0.1) is 0 Å². The molecule has 0 atom stereocenters. The summed E-state index contributed by atoms with van der Waals surface area (Å²) in [5.74, 6) is 0.429. The lowest BCUT2D eigenvalue weighted by Gasteiger charge is -2.05. The Labute approximate surface area is 152 Å². The topological polar surface area (TPSA) is 76.4 Å². The van der Waals surface area contributed by atoms with Crippen molar-refractivity contribution in [1.29, 1.82) is 0 Å². The lowest BCUT2D eigenvalue weighted by atomic mass is 10.1. The largest absolute Gasteiger partial charge is 0.497 e. The number of aromatic nitrogens is 2. The van der Waals surface area contributed by atoms with Crippen molar-refractivity contribution in [3.05, 3.63) is 71.9 Å². The third kappa shape index (κ3) is 4.10. The summed E-state index contributed by atoms with van der Waals surface area (Å²) in [7, 11) is 1.60. The number of nitrogens with zero attached hydrogens (tertiary/aromatic N) is 2. The number of rotatable bonds is 7. The van der Waals surface area contributed by atoms with E-state index in [9.17, 15) is 4.79 Å². The van der Waals surface area contributed by atoms with Gasteiger partial charge in [0.15, 0.2) is 0 Å². The van der Waals surface area contributed by atoms with E-state index in [4.69, 9.17) is 9.84 Å². The first kappa shape index (κ1) is 17.7. The second kappa shape index (κ2) is 8.31. The van der Waals surface area contributed by atoms with E-state index in [0.717, 1.165) is 11.1 Å². The zero-order valence-electron chi connectivity index (χ0n) is 14.6. The number of nitrogens with one attached hydrogen (secondary N) is 1. The number of aliphatic hydroxyl groups excluding tert-OH is 1. The van der Waals surface area contributed by atoms with Crippen molar-refractivity contribution in [1.82, 2.24) is 15.1 Å². The summed E-state index contributed by atoms with van der Waals surface area (Å²) in [5.41, 5.74) is 2.93. The fourth-order valence-electron chi connectivity index (χ4n) is 2.69. The summed E-state index contributed by atoms with van der Waals surface area (Å²) in [5, 5.41) is 16.3. The molecule has 0 spiro atoms. The standard InChI is InChI=1S/C20H21N3O3/c1-26-17-9-5-8-16(12-17)19-18(20(25)21-10-11-24)14-23(22-19)13-15-6-3-2-4-7-15/h2-9,12,14,24H,10-11,13H2,1H3,(H,21,25). The van der Waals surface area contributed by atoms with E-state index in [1.807, 2.05) is 54.6 Å². The van der Waals surface area contributed by atoms with Crippen LogP contribution in [0.3, 0.4) is 0 Å². The van der Waals surface area contributed by atoms with Gasteiger partial charge in [0.1, 0.15) is 11.4 Å². The summed E-state index contributed by atoms with van der Waals surface area (Å²) >= 11 is 0. The summed E-state index contributed by atoms with van der Waals surface area (Å²) in [6.45, 7) is 0.643. The average molecular weight is 351 g/mol. The molecule has 0 aliphatic carbocycles. The number of carbonyl (C=O) groups is 1. The first-order valence-corrected chi connectivity index (χ1v) is 8.36. The minimum atomic E-state index is -0.267. The summed E-state index contributed by atoms with van der Waals surface area (Å²) in [6.07, 6.45) is 1.73. The van der Waals surface area contributed by atoms with Gasteiger partial charge in [0.05, 0.1) is 25.8 Å². The van der Waals surface area contributed by atoms with Crippen molar-refractivity contribution < 1.29 is 14.6 Å². The maximum absolute atomic E-state index is 12.5. The SMILES string of the molecule is COc1cccc(-c2nn(Cc3ccccc3)cc2C(=O)NCCO)c1. The maximum Gasteiger partial charge on any atom is 0.255 e. The molecule has 0 bridgehead atoms. The zero-order chi connectivity index (χ0) is 18.4. The molecule has 26 heavy (non-hydrogen) atoms. The molecule has 3 aromatic rings. The average Bonchev–Trinajstić information content (AvgIpc) is 3.11. The molecule has 6 heteroatoms. The van der Waals surface area contributed by atoms with Crippen LogP contribution >= 0.6 is 0 Å². The van der Waals surface area contributed by atoms with Gasteiger partial charge in [0.25, 0.3) is 5.91 Å². The number of carbonyl (C=O) groups excluding carboxylic acids is 1. The molecule has 134 valence electrons. The summed E-state index contributed by atoms with van der Waals surface area (Å²) < 4.78 is 7.02. The van der Waals surface area contributed by atoms with E-state index in [0.29, 0.717) is 23.6 Å². The lowest BCUT2D eigenvalue weighted by molar-refractivity contribution is 0.0945. The number of hydrogen-bond acceptors (Lipinski definition) is 4. The number of aliphatic hydroxyl groups is 1. The van der Waals surface area contributed by atoms with E-state index in [1.54, 1.807) is 18.0 Å². The van der Waals surface area contributed by atoms with Crippen molar-refractivity contribution in [2.75, 3.05) is 20.3 Å². The third-order valence-electron chi connectivity index (χ3n) is 3.93. The highest BCUT2D eigenvalue weighted by Gasteiger charge is 2.18. The first-order chi connectivity index (χ1) is 12.7. The van der Waals surface area contributed by atoms with Crippen LogP contribution in [0.25, 0.3) is 11.3 Å². The molecule has 0 fully saturated rings. The number of hydrogen-bond donors (Lipinski definition) is 2. The highest BCUT2D eigenvalue weighted by molar-refractivity contribution is 5.99. The monoisotopic (exact) mass is 351 g/mol. The van der Waals surface area contributed by atoms with E-state index in [-0.39, 0.29) is 19.1 Å². The van der Waals surface area contributed by atoms with Gasteiger partial charge in [-0.05, 0) is 17.7 Å². The molecule has 0 aliphatic rings. The highest BCUT2D eigenvalue weighted by Crippen LogP contribution is 2.26. The Morgan fingerprint density at radius 3 is 2.73 bits per heavy atom. The van der Waals surface area contributed by atoms with Crippen LogP contribution in [0.5, 0.6) is 5.75 Å². The smallest absolute Gasteiger partial charge is 0.255 e. The number of methoxy groups -OCH3 is 1. The molecule has 2 N–H and O–H groups in total. The molecular formula is C20H21N3O3. The molecule has 0 radical (unpaired) electrons. The zero-order valence-corrected chi connectivity index (χ0v) is 14.6. The minimum absolute atomic E-state index is 0.113. The Morgan fingerprint density at radius 1 is 1.19 bits per heavy atom. The summed E-state index contributed by atoms with van der Waals surface area (Å²) in [4.78, 5) is 12.5. The Balaban J connectivity index is 1.98. The van der Waals surface area contributed by atoms with Crippen molar-refractivity contribution in [3.8, 4) is 17.0 Å². The molecule has 2 aromatic carbocycles. The number of benzene rings is 2. The molecule has 0 unspecified atom stereocenters. The van der Waals surface area contributed by atoms with Gasteiger partial charge < -0.3 is 15.2 Å². The van der Waals surface area contributed by atoms with Gasteiger partial charge in [-0.1, -0.05) is 42.5 Å². The van der Waals surface area contributed by atoms with Gasteiger partial charge in [-0.3, -0.25) is 9.48 Å². The maximum atomic E-state index is 12.5. The van der Waals surface area contributed by atoms with Gasteiger partial charge in [-0.2, -0.15) is 5.10 Å². The number of amides is 1. The molecule has 6 nitrogen and oxygen atoms in total. The molecular weight excluding hydrogens is 330 g/mol. The van der Waals surface area contributed by atoms with Crippen molar-refractivity contribution >= 4 is 5.91 Å². The highest BCUT2D eigenvalue weighted by atomic mass is 16.5. The molecule has 0 saturated carbocycles. The molecule has 3 rings (SSSR count). The molecule has 0 aliphatic heterocycles. The van der Waals surface area contributed by atoms with Crippen molar-refractivity contribution in [2.24, 2.45) is 0 Å². The van der Waals surface area contributed by atoms with E-state index < -0.39 is 0 Å². The Bertz CT molecular complexity index is 875. The molecule has 1 aromatic heterocycles. The van der Waals surface area contributed by atoms with Crippen LogP contribution < -0.4 is 10.1 Å². The fourth-order valence-corrected chi connectivity index (χ4v) is 2.69. The van der Waals surface area contributed by atoms with Gasteiger partial charge >= 0.3 is 0 Å². The Hall–Kier alpha value is -3.12. The van der Waals surface area contributed by atoms with Crippen LogP contribution in [0.4, 0.5) is 0 Å². The Kier molecular flexibility index (Phi) is 5.66. The third-order valence-corrected chi connectivity index (χ3v) is 3.93. The van der Waals surface area contributed by atoms with Crippen LogP contribution in [-0.2, 0) is 6.54 Å². The van der Waals surface area contributed by atoms with Crippen molar-refractivity contribution in [3.63, 3.8) is 0 Å². The van der Waals surface area contributed by atoms with Crippen LogP contribution in [0, 0.1) is 0 Å². The molecule has 1 heterocycles. The van der Waals surface area contributed by atoms with Crippen LogP contribution in [-0.4, -0.2) is 41.1 Å². The molecule has 1 amide bonds. The second-order valence-corrected chi connectivity index (χ2v) is 5.79. The van der Waals surface area contributed by atoms with Gasteiger partial charge in [-0.25, -0.2) is 0 Å². The van der Waals surface area contributed by atoms with Crippen LogP contribution in [0.15, 0.2) is 60.8 Å². The second-order valence-electron chi connectivity index (χ2n) is 5.79. The predicted octanol–water partition coefficient (Wildman–Crippen LogP) is 2.33. The van der Waals surface area contributed by atoms with Gasteiger partial charge in [0.2, 0.25) is 0 Å². The fraction of sp³-hybridized carbons (Fsp3) is 0.200. The van der Waals surface area contributed by atoms with E-state index in [2.05, 4.69) is 10.4 Å². The Morgan fingerprint density at radius 2 is 2.00 bits per heavy atom. The van der Waals surface area contributed by atoms with Crippen LogP contribution in [0.2, 0.25) is 0 Å². The predicted molar refractivity (Wildman–Crippen MR) is 99.2 cm³/mol. The van der Waals surface area contributed by atoms with Crippen LogP contribution in [0.1, 0.15) is 15.9 Å².